The van der Waals surface area contributed by atoms with Crippen molar-refractivity contribution in [2.24, 2.45) is 0 Å². The second kappa shape index (κ2) is 5.93. The highest BCUT2D eigenvalue weighted by molar-refractivity contribution is 8.26. The molecule has 0 radical (unpaired) electrons. The second-order valence-corrected chi connectivity index (χ2v) is 7.49. The Labute approximate surface area is 141 Å². The lowest BCUT2D eigenvalue weighted by Gasteiger charge is -2.10. The quantitative estimate of drug-likeness (QED) is 0.443. The van der Waals surface area contributed by atoms with E-state index in [0.717, 1.165) is 15.0 Å². The third kappa shape index (κ3) is 2.66. The second-order valence-electron chi connectivity index (χ2n) is 4.36. The summed E-state index contributed by atoms with van der Waals surface area (Å²) in [6.07, 6.45) is 3.50. The predicted molar refractivity (Wildman–Crippen MR) is 96.9 cm³/mol. The number of amides is 1. The highest BCUT2D eigenvalue weighted by Crippen LogP contribution is 2.39. The van der Waals surface area contributed by atoms with Crippen molar-refractivity contribution in [1.82, 2.24) is 4.90 Å². The molecule has 106 valence electrons. The van der Waals surface area contributed by atoms with Crippen LogP contribution < -0.4 is 0 Å². The third-order valence-electron chi connectivity index (χ3n) is 3.01. The maximum absolute atomic E-state index is 12.3. The van der Waals surface area contributed by atoms with Gasteiger partial charge in [-0.3, -0.25) is 9.69 Å². The Bertz CT molecular complexity index is 793. The standard InChI is InChI=1S/C15H10ClNOS3/c1-2-7-17-14(18)12(21-15(17)19)8-11-13(16)9-5-3-4-6-10(9)20-11/h2-6,8H,1,7H2/b12-8+. The van der Waals surface area contributed by atoms with Gasteiger partial charge in [0.15, 0.2) is 0 Å². The molecule has 1 fully saturated rings. The molecular weight excluding hydrogens is 342 g/mol. The van der Waals surface area contributed by atoms with Crippen LogP contribution >= 0.6 is 46.9 Å². The number of hydrogen-bond acceptors (Lipinski definition) is 4. The average molecular weight is 352 g/mol. The Morgan fingerprint density at radius 3 is 2.86 bits per heavy atom. The lowest BCUT2D eigenvalue weighted by Crippen LogP contribution is -2.27. The molecule has 6 heteroatoms. The molecule has 1 aliphatic rings. The van der Waals surface area contributed by atoms with Gasteiger partial charge in [0.1, 0.15) is 4.32 Å². The molecule has 2 nitrogen and oxygen atoms in total. The highest BCUT2D eigenvalue weighted by atomic mass is 35.5. The van der Waals surface area contributed by atoms with Crippen molar-refractivity contribution in [3.05, 3.63) is 51.7 Å². The first-order valence-electron chi connectivity index (χ1n) is 6.15. The fraction of sp³-hybridized carbons (Fsp3) is 0.0667. The van der Waals surface area contributed by atoms with Gasteiger partial charge in [0, 0.05) is 21.5 Å². The van der Waals surface area contributed by atoms with Crippen LogP contribution in [0.5, 0.6) is 0 Å². The van der Waals surface area contributed by atoms with Crippen molar-refractivity contribution >= 4 is 73.3 Å². The molecule has 1 aromatic carbocycles. The number of hydrogen-bond donors (Lipinski definition) is 0. The minimum atomic E-state index is -0.0848. The van der Waals surface area contributed by atoms with Gasteiger partial charge in [-0.25, -0.2) is 0 Å². The van der Waals surface area contributed by atoms with E-state index < -0.39 is 0 Å². The molecule has 0 bridgehead atoms. The normalized spacial score (nSPS) is 17.2. The van der Waals surface area contributed by atoms with Crippen LogP contribution in [0.15, 0.2) is 41.8 Å². The lowest BCUT2D eigenvalue weighted by molar-refractivity contribution is -0.121. The van der Waals surface area contributed by atoms with Crippen LogP contribution in [-0.2, 0) is 4.79 Å². The summed E-state index contributed by atoms with van der Waals surface area (Å²) in [6, 6.07) is 7.93. The van der Waals surface area contributed by atoms with Crippen molar-refractivity contribution in [3.8, 4) is 0 Å². The van der Waals surface area contributed by atoms with E-state index in [2.05, 4.69) is 6.58 Å². The summed E-state index contributed by atoms with van der Waals surface area (Å²) in [5.41, 5.74) is 0. The zero-order valence-electron chi connectivity index (χ0n) is 10.8. The molecule has 0 unspecified atom stereocenters. The van der Waals surface area contributed by atoms with Crippen molar-refractivity contribution in [2.45, 2.75) is 0 Å². The van der Waals surface area contributed by atoms with E-state index in [9.17, 15) is 4.79 Å². The monoisotopic (exact) mass is 351 g/mol. The summed E-state index contributed by atoms with van der Waals surface area (Å²) in [4.78, 5) is 15.3. The van der Waals surface area contributed by atoms with Crippen molar-refractivity contribution in [2.75, 3.05) is 6.54 Å². The maximum Gasteiger partial charge on any atom is 0.266 e. The van der Waals surface area contributed by atoms with E-state index in [1.54, 1.807) is 22.3 Å². The first-order valence-corrected chi connectivity index (χ1v) is 8.57. The fourth-order valence-corrected chi connectivity index (χ4v) is 4.79. The third-order valence-corrected chi connectivity index (χ3v) is 6.02. The van der Waals surface area contributed by atoms with Gasteiger partial charge in [-0.15, -0.1) is 17.9 Å². The summed E-state index contributed by atoms with van der Waals surface area (Å²) < 4.78 is 1.67. The minimum absolute atomic E-state index is 0.0848. The Morgan fingerprint density at radius 1 is 1.38 bits per heavy atom. The summed E-state index contributed by atoms with van der Waals surface area (Å²) in [5, 5.41) is 1.70. The smallest absolute Gasteiger partial charge is 0.266 e. The summed E-state index contributed by atoms with van der Waals surface area (Å²) in [5.74, 6) is -0.0848. The van der Waals surface area contributed by atoms with Gasteiger partial charge in [0.25, 0.3) is 5.91 Å². The van der Waals surface area contributed by atoms with E-state index in [-0.39, 0.29) is 5.91 Å². The first kappa shape index (κ1) is 14.8. The number of benzene rings is 1. The van der Waals surface area contributed by atoms with Gasteiger partial charge < -0.3 is 0 Å². The Hall–Kier alpha value is -1.14. The van der Waals surface area contributed by atoms with Crippen LogP contribution in [0, 0.1) is 0 Å². The number of nitrogens with zero attached hydrogens (tertiary/aromatic N) is 1. The number of fused-ring (bicyclic) bond motifs is 1. The molecular formula is C15H10ClNOS3. The summed E-state index contributed by atoms with van der Waals surface area (Å²) >= 11 is 14.5. The molecule has 1 aromatic heterocycles. The number of thioether (sulfide) groups is 1. The van der Waals surface area contributed by atoms with Gasteiger partial charge in [-0.05, 0) is 12.1 Å². The zero-order valence-corrected chi connectivity index (χ0v) is 14.0. The maximum atomic E-state index is 12.3. The van der Waals surface area contributed by atoms with Crippen LogP contribution in [0.4, 0.5) is 0 Å². The van der Waals surface area contributed by atoms with Gasteiger partial charge >= 0.3 is 0 Å². The van der Waals surface area contributed by atoms with Crippen LogP contribution in [-0.4, -0.2) is 21.7 Å². The van der Waals surface area contributed by atoms with Crippen molar-refractivity contribution in [3.63, 3.8) is 0 Å². The molecule has 2 aromatic rings. The van der Waals surface area contributed by atoms with Crippen LogP contribution in [0.2, 0.25) is 5.02 Å². The SMILES string of the molecule is C=CCN1C(=O)/C(=C\c2sc3ccccc3c2Cl)SC1=S. The largest absolute Gasteiger partial charge is 0.289 e. The molecule has 0 saturated carbocycles. The minimum Gasteiger partial charge on any atom is -0.289 e. The molecule has 3 rings (SSSR count). The Morgan fingerprint density at radius 2 is 2.14 bits per heavy atom. The molecule has 0 N–H and O–H groups in total. The molecule has 0 spiro atoms. The number of thiocarbonyl (C=S) groups is 1. The van der Waals surface area contributed by atoms with Crippen molar-refractivity contribution in [1.29, 1.82) is 0 Å². The Kier molecular flexibility index (Phi) is 4.17. The van der Waals surface area contributed by atoms with E-state index >= 15 is 0 Å². The number of carbonyl (C=O) groups excluding carboxylic acids is 1. The van der Waals surface area contributed by atoms with Crippen molar-refractivity contribution < 1.29 is 4.79 Å². The first-order chi connectivity index (χ1) is 10.1. The topological polar surface area (TPSA) is 20.3 Å². The van der Waals surface area contributed by atoms with Crippen LogP contribution in [0.25, 0.3) is 16.2 Å². The van der Waals surface area contributed by atoms with Gasteiger partial charge in [0.2, 0.25) is 0 Å². The summed E-state index contributed by atoms with van der Waals surface area (Å²) in [6.45, 7) is 4.08. The van der Waals surface area contributed by atoms with E-state index in [4.69, 9.17) is 23.8 Å². The summed E-state index contributed by atoms with van der Waals surface area (Å²) in [7, 11) is 0. The molecule has 1 saturated heterocycles. The molecule has 1 amide bonds. The van der Waals surface area contributed by atoms with E-state index in [1.807, 2.05) is 30.3 Å². The van der Waals surface area contributed by atoms with E-state index in [0.29, 0.717) is 20.8 Å². The lowest BCUT2D eigenvalue weighted by atomic mass is 10.2. The highest BCUT2D eigenvalue weighted by Gasteiger charge is 2.31. The van der Waals surface area contributed by atoms with Crippen LogP contribution in [0.3, 0.4) is 0 Å². The molecule has 0 atom stereocenters. The average Bonchev–Trinajstić information content (AvgIpc) is 2.93. The molecule has 21 heavy (non-hydrogen) atoms. The van der Waals surface area contributed by atoms with Crippen LogP contribution in [0.1, 0.15) is 4.88 Å². The van der Waals surface area contributed by atoms with Gasteiger partial charge in [-0.1, -0.05) is 59.9 Å². The van der Waals surface area contributed by atoms with E-state index in [1.165, 1.54) is 11.8 Å². The number of rotatable bonds is 3. The number of thiophene rings is 1. The number of carbonyl (C=O) groups is 1. The number of halogens is 1. The zero-order chi connectivity index (χ0) is 15.0. The van der Waals surface area contributed by atoms with Gasteiger partial charge in [0.05, 0.1) is 9.93 Å². The molecule has 1 aliphatic heterocycles. The predicted octanol–water partition coefficient (Wildman–Crippen LogP) is 4.94. The van der Waals surface area contributed by atoms with Gasteiger partial charge in [-0.2, -0.15) is 0 Å². The molecule has 2 heterocycles. The molecule has 0 aliphatic carbocycles. The fourth-order valence-electron chi connectivity index (χ4n) is 2.03. The Balaban J connectivity index is 2.01.